The Bertz CT molecular complexity index is 637. The van der Waals surface area contributed by atoms with Crippen LogP contribution in [0.25, 0.3) is 0 Å². The summed E-state index contributed by atoms with van der Waals surface area (Å²) in [5, 5.41) is 0.170. The van der Waals surface area contributed by atoms with Crippen molar-refractivity contribution in [2.75, 3.05) is 4.72 Å². The Morgan fingerprint density at radius 2 is 2.06 bits per heavy atom. The molecule has 2 rings (SSSR count). The van der Waals surface area contributed by atoms with E-state index in [1.807, 2.05) is 6.92 Å². The molecule has 96 valence electrons. The fourth-order valence-corrected chi connectivity index (χ4v) is 2.25. The number of hydrogen-bond acceptors (Lipinski definition) is 5. The maximum Gasteiger partial charge on any atom is 0.280 e. The lowest BCUT2D eigenvalue weighted by molar-refractivity contribution is 0.597. The zero-order valence-corrected chi connectivity index (χ0v) is 11.0. The Kier molecular flexibility index (Phi) is 3.48. The number of aryl methyl sites for hydroxylation is 1. The van der Waals surface area contributed by atoms with Crippen molar-refractivity contribution in [3.05, 3.63) is 29.6 Å². The number of halogens is 1. The van der Waals surface area contributed by atoms with Crippen LogP contribution in [0, 0.1) is 0 Å². The van der Waals surface area contributed by atoms with E-state index >= 15 is 0 Å². The molecule has 0 unspecified atom stereocenters. The number of nitrogens with zero attached hydrogens (tertiary/aromatic N) is 3. The molecule has 0 spiro atoms. The monoisotopic (exact) mass is 287 g/mol. The van der Waals surface area contributed by atoms with Crippen LogP contribution >= 0.6 is 11.6 Å². The molecule has 2 aromatic heterocycles. The largest absolute Gasteiger partial charge is 0.332 e. The van der Waals surface area contributed by atoms with Crippen LogP contribution in [0.15, 0.2) is 23.6 Å². The number of anilines is 1. The SMILES string of the molecule is CCc1ncc(S(=O)(=O)Nc2cnc(Cl)cn2)[nH]1. The molecule has 7 nitrogen and oxygen atoms in total. The quantitative estimate of drug-likeness (QED) is 0.880. The number of nitrogens with one attached hydrogen (secondary N) is 2. The highest BCUT2D eigenvalue weighted by molar-refractivity contribution is 7.92. The molecule has 0 radical (unpaired) electrons. The molecule has 0 amide bonds. The van der Waals surface area contributed by atoms with Gasteiger partial charge in [-0.25, -0.2) is 15.0 Å². The van der Waals surface area contributed by atoms with E-state index in [-0.39, 0.29) is 16.0 Å². The van der Waals surface area contributed by atoms with Crippen molar-refractivity contribution in [2.24, 2.45) is 0 Å². The molecule has 0 aliphatic carbocycles. The Balaban J connectivity index is 2.24. The molecule has 0 bridgehead atoms. The molecule has 0 saturated carbocycles. The van der Waals surface area contributed by atoms with Gasteiger partial charge in [-0.1, -0.05) is 18.5 Å². The highest BCUT2D eigenvalue weighted by Crippen LogP contribution is 2.12. The van der Waals surface area contributed by atoms with Gasteiger partial charge < -0.3 is 4.98 Å². The first kappa shape index (κ1) is 12.8. The molecule has 2 aromatic rings. The molecule has 0 aromatic carbocycles. The van der Waals surface area contributed by atoms with Crippen molar-refractivity contribution >= 4 is 27.4 Å². The van der Waals surface area contributed by atoms with Gasteiger partial charge in [-0.3, -0.25) is 4.72 Å². The van der Waals surface area contributed by atoms with Crippen molar-refractivity contribution < 1.29 is 8.42 Å². The van der Waals surface area contributed by atoms with Gasteiger partial charge in [-0.15, -0.1) is 0 Å². The van der Waals surface area contributed by atoms with E-state index in [1.54, 1.807) is 0 Å². The molecular weight excluding hydrogens is 278 g/mol. The van der Waals surface area contributed by atoms with Crippen molar-refractivity contribution in [1.82, 2.24) is 19.9 Å². The molecule has 2 N–H and O–H groups in total. The highest BCUT2D eigenvalue weighted by atomic mass is 35.5. The predicted octanol–water partition coefficient (Wildman–Crippen LogP) is 1.22. The Labute approximate surface area is 109 Å². The van der Waals surface area contributed by atoms with Crippen LogP contribution in [0.3, 0.4) is 0 Å². The number of sulfonamides is 1. The molecule has 0 fully saturated rings. The van der Waals surface area contributed by atoms with E-state index in [1.165, 1.54) is 18.6 Å². The van der Waals surface area contributed by atoms with Crippen LogP contribution in [0.5, 0.6) is 0 Å². The van der Waals surface area contributed by atoms with Gasteiger partial charge in [0.15, 0.2) is 10.8 Å². The number of imidazole rings is 1. The second-order valence-corrected chi connectivity index (χ2v) is 5.42. The number of hydrogen-bond donors (Lipinski definition) is 2. The van der Waals surface area contributed by atoms with Crippen LogP contribution in [-0.2, 0) is 16.4 Å². The summed E-state index contributed by atoms with van der Waals surface area (Å²) >= 11 is 5.56. The first-order chi connectivity index (χ1) is 8.51. The lowest BCUT2D eigenvalue weighted by atomic mass is 10.5. The van der Waals surface area contributed by atoms with Gasteiger partial charge in [0.05, 0.1) is 18.6 Å². The van der Waals surface area contributed by atoms with Crippen molar-refractivity contribution in [3.8, 4) is 0 Å². The third-order valence-corrected chi connectivity index (χ3v) is 3.55. The fraction of sp³-hybridized carbons (Fsp3) is 0.222. The van der Waals surface area contributed by atoms with Gasteiger partial charge in [0, 0.05) is 6.42 Å². The van der Waals surface area contributed by atoms with Gasteiger partial charge >= 0.3 is 0 Å². The minimum absolute atomic E-state index is 0.0175. The summed E-state index contributed by atoms with van der Waals surface area (Å²) in [6.07, 6.45) is 4.36. The van der Waals surface area contributed by atoms with E-state index in [0.717, 1.165) is 0 Å². The molecule has 18 heavy (non-hydrogen) atoms. The van der Waals surface area contributed by atoms with Crippen molar-refractivity contribution in [1.29, 1.82) is 0 Å². The van der Waals surface area contributed by atoms with Crippen molar-refractivity contribution in [3.63, 3.8) is 0 Å². The minimum Gasteiger partial charge on any atom is -0.332 e. The number of H-pyrrole nitrogens is 1. The highest BCUT2D eigenvalue weighted by Gasteiger charge is 2.17. The molecule has 0 aliphatic rings. The predicted molar refractivity (Wildman–Crippen MR) is 65.8 cm³/mol. The molecule has 2 heterocycles. The van der Waals surface area contributed by atoms with Crippen molar-refractivity contribution in [2.45, 2.75) is 18.4 Å². The summed E-state index contributed by atoms with van der Waals surface area (Å²) in [5.41, 5.74) is 0. The first-order valence-electron chi connectivity index (χ1n) is 5.05. The van der Waals surface area contributed by atoms with Crippen LogP contribution in [0.4, 0.5) is 5.82 Å². The summed E-state index contributed by atoms with van der Waals surface area (Å²) in [6.45, 7) is 1.87. The lowest BCUT2D eigenvalue weighted by Gasteiger charge is -2.04. The van der Waals surface area contributed by atoms with E-state index in [0.29, 0.717) is 12.2 Å². The first-order valence-corrected chi connectivity index (χ1v) is 6.91. The average molecular weight is 288 g/mol. The normalized spacial score (nSPS) is 11.4. The van der Waals surface area contributed by atoms with E-state index < -0.39 is 10.0 Å². The van der Waals surface area contributed by atoms with Gasteiger partial charge in [-0.2, -0.15) is 8.42 Å². The van der Waals surface area contributed by atoms with Gasteiger partial charge in [0.1, 0.15) is 11.0 Å². The summed E-state index contributed by atoms with van der Waals surface area (Å²) in [7, 11) is -3.73. The summed E-state index contributed by atoms with van der Waals surface area (Å²) in [5.74, 6) is 0.685. The summed E-state index contributed by atoms with van der Waals surface area (Å²) in [4.78, 5) is 14.1. The number of aromatic nitrogens is 4. The topological polar surface area (TPSA) is 101 Å². The van der Waals surface area contributed by atoms with Crippen LogP contribution in [0.2, 0.25) is 5.15 Å². The lowest BCUT2D eigenvalue weighted by Crippen LogP contribution is -2.14. The molecule has 0 aliphatic heterocycles. The smallest absolute Gasteiger partial charge is 0.280 e. The second-order valence-electron chi connectivity index (χ2n) is 3.38. The standard InChI is InChI=1S/C9H10ClN5O2S/c1-2-7-13-5-9(14-7)18(16,17)15-8-4-11-6(10)3-12-8/h3-5H,2H2,1H3,(H,12,15)(H,13,14). The minimum atomic E-state index is -3.73. The van der Waals surface area contributed by atoms with Crippen LogP contribution in [-0.4, -0.2) is 28.4 Å². The Hall–Kier alpha value is -1.67. The Morgan fingerprint density at radius 1 is 1.28 bits per heavy atom. The fourth-order valence-electron chi connectivity index (χ4n) is 1.22. The second kappa shape index (κ2) is 4.91. The molecular formula is C9H10ClN5O2S. The third-order valence-electron chi connectivity index (χ3n) is 2.09. The van der Waals surface area contributed by atoms with Gasteiger partial charge in [0.25, 0.3) is 10.0 Å². The van der Waals surface area contributed by atoms with Gasteiger partial charge in [0.2, 0.25) is 0 Å². The maximum absolute atomic E-state index is 11.9. The average Bonchev–Trinajstić information content (AvgIpc) is 2.81. The number of rotatable bonds is 4. The zero-order valence-electron chi connectivity index (χ0n) is 9.38. The number of aromatic amines is 1. The van der Waals surface area contributed by atoms with Crippen LogP contribution in [0.1, 0.15) is 12.7 Å². The van der Waals surface area contributed by atoms with E-state index in [2.05, 4.69) is 24.7 Å². The summed E-state index contributed by atoms with van der Waals surface area (Å²) < 4.78 is 26.1. The maximum atomic E-state index is 11.9. The molecule has 0 atom stereocenters. The molecule has 9 heteroatoms. The van der Waals surface area contributed by atoms with E-state index in [9.17, 15) is 8.42 Å². The zero-order chi connectivity index (χ0) is 13.2. The third kappa shape index (κ3) is 2.77. The summed E-state index contributed by atoms with van der Waals surface area (Å²) in [6, 6.07) is 0. The van der Waals surface area contributed by atoms with Crippen LogP contribution < -0.4 is 4.72 Å². The van der Waals surface area contributed by atoms with E-state index in [4.69, 9.17) is 11.6 Å². The van der Waals surface area contributed by atoms with Gasteiger partial charge in [-0.05, 0) is 0 Å². The molecule has 0 saturated heterocycles. The Morgan fingerprint density at radius 3 is 2.61 bits per heavy atom.